The van der Waals surface area contributed by atoms with E-state index in [-0.39, 0.29) is 17.7 Å². The molecule has 0 aliphatic heterocycles. The molecule has 1 aromatic heterocycles. The molecule has 0 saturated heterocycles. The van der Waals surface area contributed by atoms with E-state index < -0.39 is 0 Å². The van der Waals surface area contributed by atoms with E-state index in [1.807, 2.05) is 48.5 Å². The maximum atomic E-state index is 13.3. The molecule has 4 heteroatoms. The lowest BCUT2D eigenvalue weighted by Gasteiger charge is -2.24. The first-order valence-electron chi connectivity index (χ1n) is 13.2. The number of carbonyl (C=O) groups is 1. The van der Waals surface area contributed by atoms with E-state index in [0.717, 1.165) is 17.9 Å². The third kappa shape index (κ3) is 5.81. The molecular formula is C34H34N2O2. The first-order chi connectivity index (χ1) is 18.6. The fourth-order valence-corrected chi connectivity index (χ4v) is 5.24. The van der Waals surface area contributed by atoms with E-state index in [1.54, 1.807) is 7.11 Å². The second-order valence-corrected chi connectivity index (χ2v) is 9.85. The number of hydrogen-bond donors (Lipinski definition) is 1. The molecule has 0 saturated carbocycles. The van der Waals surface area contributed by atoms with Crippen LogP contribution in [0.2, 0.25) is 0 Å². The van der Waals surface area contributed by atoms with E-state index >= 15 is 0 Å². The summed E-state index contributed by atoms with van der Waals surface area (Å²) in [6, 6.07) is 37.3. The van der Waals surface area contributed by atoms with Crippen LogP contribution in [0.25, 0.3) is 10.9 Å². The van der Waals surface area contributed by atoms with Gasteiger partial charge < -0.3 is 14.6 Å². The van der Waals surface area contributed by atoms with Crippen LogP contribution in [-0.2, 0) is 17.9 Å². The highest BCUT2D eigenvalue weighted by Crippen LogP contribution is 2.40. The Hall–Kier alpha value is -4.31. The monoisotopic (exact) mass is 502 g/mol. The van der Waals surface area contributed by atoms with E-state index in [1.165, 1.54) is 27.6 Å². The standard InChI is InChI=1S/C34H34N2O2/c1-25(28-13-7-4-8-14-28)31(21-34(37)35-22-26-11-5-3-6-12-26)32-24-36(33-16-10-9-15-30(32)33)23-27-17-19-29(38-2)20-18-27/h3-20,24-25,31H,21-23H2,1-2H3,(H,35,37)/t25-,31-/m0/s1. The molecule has 0 bridgehead atoms. The van der Waals surface area contributed by atoms with E-state index in [2.05, 4.69) is 83.7 Å². The van der Waals surface area contributed by atoms with Crippen LogP contribution in [0.4, 0.5) is 0 Å². The quantitative estimate of drug-likeness (QED) is 0.218. The lowest BCUT2D eigenvalue weighted by Crippen LogP contribution is -2.26. The largest absolute Gasteiger partial charge is 0.497 e. The minimum atomic E-state index is 0.0233. The number of hydrogen-bond acceptors (Lipinski definition) is 2. The SMILES string of the molecule is COc1ccc(Cn2cc([C@@H](CC(=O)NCc3ccccc3)[C@@H](C)c3ccccc3)c3ccccc32)cc1. The van der Waals surface area contributed by atoms with Crippen molar-refractivity contribution in [1.82, 2.24) is 9.88 Å². The number of rotatable bonds is 10. The molecule has 38 heavy (non-hydrogen) atoms. The van der Waals surface area contributed by atoms with Crippen LogP contribution in [0.1, 0.15) is 47.4 Å². The molecule has 4 aromatic carbocycles. The topological polar surface area (TPSA) is 43.3 Å². The van der Waals surface area contributed by atoms with Gasteiger partial charge in [-0.25, -0.2) is 0 Å². The molecule has 0 unspecified atom stereocenters. The van der Waals surface area contributed by atoms with Crippen molar-refractivity contribution in [2.24, 2.45) is 0 Å². The van der Waals surface area contributed by atoms with Gasteiger partial charge in [0.25, 0.3) is 0 Å². The number of fused-ring (bicyclic) bond motifs is 1. The van der Waals surface area contributed by atoms with E-state index in [4.69, 9.17) is 4.74 Å². The van der Waals surface area contributed by atoms with Gasteiger partial charge in [0.05, 0.1) is 7.11 Å². The summed E-state index contributed by atoms with van der Waals surface area (Å²) < 4.78 is 7.64. The highest BCUT2D eigenvalue weighted by atomic mass is 16.5. The van der Waals surface area contributed by atoms with Gasteiger partial charge in [-0.15, -0.1) is 0 Å². The fraction of sp³-hybridized carbons (Fsp3) is 0.206. The van der Waals surface area contributed by atoms with Gasteiger partial charge in [0.2, 0.25) is 5.91 Å². The van der Waals surface area contributed by atoms with Crippen molar-refractivity contribution in [3.05, 3.63) is 138 Å². The number of benzene rings is 4. The lowest BCUT2D eigenvalue weighted by molar-refractivity contribution is -0.121. The molecule has 5 aromatic rings. The molecule has 192 valence electrons. The molecular weight excluding hydrogens is 468 g/mol. The summed E-state index contributed by atoms with van der Waals surface area (Å²) >= 11 is 0. The smallest absolute Gasteiger partial charge is 0.220 e. The van der Waals surface area contributed by atoms with Crippen LogP contribution < -0.4 is 10.1 Å². The second kappa shape index (κ2) is 11.8. The molecule has 2 atom stereocenters. The predicted octanol–water partition coefficient (Wildman–Crippen LogP) is 7.29. The molecule has 1 N–H and O–H groups in total. The average molecular weight is 503 g/mol. The Morgan fingerprint density at radius 2 is 1.47 bits per heavy atom. The number of nitrogens with zero attached hydrogens (tertiary/aromatic N) is 1. The van der Waals surface area contributed by atoms with Gasteiger partial charge in [0.15, 0.2) is 0 Å². The number of para-hydroxylation sites is 1. The van der Waals surface area contributed by atoms with Crippen LogP contribution in [0.15, 0.2) is 115 Å². The van der Waals surface area contributed by atoms with Crippen molar-refractivity contribution in [1.29, 1.82) is 0 Å². The molecule has 1 heterocycles. The highest BCUT2D eigenvalue weighted by molar-refractivity contribution is 5.86. The van der Waals surface area contributed by atoms with Gasteiger partial charge in [-0.1, -0.05) is 97.9 Å². The van der Waals surface area contributed by atoms with Crippen LogP contribution in [-0.4, -0.2) is 17.6 Å². The van der Waals surface area contributed by atoms with Crippen LogP contribution in [0.3, 0.4) is 0 Å². The summed E-state index contributed by atoms with van der Waals surface area (Å²) in [6.45, 7) is 3.52. The minimum Gasteiger partial charge on any atom is -0.497 e. The summed E-state index contributed by atoms with van der Waals surface area (Å²) in [4.78, 5) is 13.3. The van der Waals surface area contributed by atoms with Crippen LogP contribution in [0.5, 0.6) is 5.75 Å². The predicted molar refractivity (Wildman–Crippen MR) is 155 cm³/mol. The average Bonchev–Trinajstić information content (AvgIpc) is 3.34. The Balaban J connectivity index is 1.48. The fourth-order valence-electron chi connectivity index (χ4n) is 5.24. The Bertz CT molecular complexity index is 1470. The van der Waals surface area contributed by atoms with E-state index in [0.29, 0.717) is 13.0 Å². The Labute approximate surface area is 224 Å². The van der Waals surface area contributed by atoms with E-state index in [9.17, 15) is 4.79 Å². The highest BCUT2D eigenvalue weighted by Gasteiger charge is 2.27. The van der Waals surface area contributed by atoms with Crippen molar-refractivity contribution < 1.29 is 9.53 Å². The summed E-state index contributed by atoms with van der Waals surface area (Å²) in [5.74, 6) is 1.10. The maximum absolute atomic E-state index is 13.3. The maximum Gasteiger partial charge on any atom is 0.220 e. The molecule has 0 aliphatic carbocycles. The first-order valence-corrected chi connectivity index (χ1v) is 13.2. The van der Waals surface area contributed by atoms with Crippen LogP contribution >= 0.6 is 0 Å². The third-order valence-electron chi connectivity index (χ3n) is 7.40. The number of methoxy groups -OCH3 is 1. The molecule has 5 rings (SSSR count). The second-order valence-electron chi connectivity index (χ2n) is 9.85. The number of amides is 1. The third-order valence-corrected chi connectivity index (χ3v) is 7.40. The zero-order valence-electron chi connectivity index (χ0n) is 22.0. The Morgan fingerprint density at radius 3 is 2.18 bits per heavy atom. The summed E-state index contributed by atoms with van der Waals surface area (Å²) in [6.07, 6.45) is 2.67. The molecule has 0 radical (unpaired) electrons. The summed E-state index contributed by atoms with van der Waals surface area (Å²) in [7, 11) is 1.69. The van der Waals surface area contributed by atoms with Crippen LogP contribution in [0, 0.1) is 0 Å². The zero-order chi connectivity index (χ0) is 26.3. The molecule has 0 aliphatic rings. The normalized spacial score (nSPS) is 12.7. The Kier molecular flexibility index (Phi) is 7.89. The van der Waals surface area contributed by atoms with Gasteiger partial charge in [-0.2, -0.15) is 0 Å². The minimum absolute atomic E-state index is 0.0233. The van der Waals surface area contributed by atoms with Crippen molar-refractivity contribution in [3.8, 4) is 5.75 Å². The van der Waals surface area contributed by atoms with Crippen molar-refractivity contribution in [2.75, 3.05) is 7.11 Å². The van der Waals surface area contributed by atoms with Crippen molar-refractivity contribution >= 4 is 16.8 Å². The van der Waals surface area contributed by atoms with Gasteiger partial charge >= 0.3 is 0 Å². The lowest BCUT2D eigenvalue weighted by atomic mass is 9.80. The first kappa shape index (κ1) is 25.3. The molecule has 1 amide bonds. The number of ether oxygens (including phenoxy) is 1. The Morgan fingerprint density at radius 1 is 0.816 bits per heavy atom. The van der Waals surface area contributed by atoms with Crippen molar-refractivity contribution in [2.45, 2.75) is 38.3 Å². The summed E-state index contributed by atoms with van der Waals surface area (Å²) in [5.41, 5.74) is 5.92. The van der Waals surface area contributed by atoms with Gasteiger partial charge in [0.1, 0.15) is 5.75 Å². The van der Waals surface area contributed by atoms with Gasteiger partial charge in [0, 0.05) is 42.5 Å². The molecule has 0 spiro atoms. The molecule has 4 nitrogen and oxygen atoms in total. The van der Waals surface area contributed by atoms with Gasteiger partial charge in [-0.3, -0.25) is 4.79 Å². The number of aromatic nitrogens is 1. The summed E-state index contributed by atoms with van der Waals surface area (Å²) in [5, 5.41) is 4.35. The zero-order valence-corrected chi connectivity index (χ0v) is 22.0. The number of carbonyl (C=O) groups excluding carboxylic acids is 1. The van der Waals surface area contributed by atoms with Gasteiger partial charge in [-0.05, 0) is 46.4 Å². The van der Waals surface area contributed by atoms with Crippen molar-refractivity contribution in [3.63, 3.8) is 0 Å². The number of nitrogens with one attached hydrogen (secondary N) is 1. The molecule has 0 fully saturated rings.